The largest absolute Gasteiger partial charge is 0.493 e. The summed E-state index contributed by atoms with van der Waals surface area (Å²) >= 11 is 0. The molecule has 1 atom stereocenters. The molecule has 3 rings (SSSR count). The Morgan fingerprint density at radius 3 is 2.24 bits per heavy atom. The Balaban J connectivity index is 2.00. The van der Waals surface area contributed by atoms with E-state index in [2.05, 4.69) is 0 Å². The number of carbonyl (C=O) groups is 1. The molecule has 2 aliphatic rings. The van der Waals surface area contributed by atoms with Gasteiger partial charge in [0.1, 0.15) is 0 Å². The van der Waals surface area contributed by atoms with E-state index < -0.39 is 11.8 Å². The molecule has 1 unspecified atom stereocenters. The summed E-state index contributed by atoms with van der Waals surface area (Å²) in [5, 5.41) is 11.2. The van der Waals surface area contributed by atoms with Crippen LogP contribution in [0, 0.1) is 5.92 Å². The smallest absolute Gasteiger partial charge is 0.333 e. The predicted molar refractivity (Wildman–Crippen MR) is 90.7 cm³/mol. The molecule has 6 heteroatoms. The molecule has 1 aliphatic heterocycles. The molecule has 0 aromatic heterocycles. The minimum atomic E-state index is -1.80. The van der Waals surface area contributed by atoms with Gasteiger partial charge >= 0.3 is 5.97 Å². The van der Waals surface area contributed by atoms with Crippen molar-refractivity contribution < 1.29 is 28.8 Å². The summed E-state index contributed by atoms with van der Waals surface area (Å²) in [5.74, 6) is -0.657. The molecule has 25 heavy (non-hydrogen) atoms. The van der Waals surface area contributed by atoms with Crippen LogP contribution < -0.4 is 14.2 Å². The highest BCUT2D eigenvalue weighted by Gasteiger charge is 2.45. The lowest BCUT2D eigenvalue weighted by Crippen LogP contribution is -2.30. The van der Waals surface area contributed by atoms with Crippen molar-refractivity contribution in [1.29, 1.82) is 0 Å². The first-order valence-corrected chi connectivity index (χ1v) is 8.48. The molecule has 0 saturated heterocycles. The quantitative estimate of drug-likeness (QED) is 0.797. The van der Waals surface area contributed by atoms with Crippen molar-refractivity contribution in [2.75, 3.05) is 21.3 Å². The van der Waals surface area contributed by atoms with Crippen molar-refractivity contribution in [3.05, 3.63) is 29.3 Å². The van der Waals surface area contributed by atoms with Crippen LogP contribution in [0.2, 0.25) is 0 Å². The van der Waals surface area contributed by atoms with E-state index in [1.54, 1.807) is 12.1 Å². The molecule has 136 valence electrons. The number of benzene rings is 1. The molecular formula is C19H24O6. The summed E-state index contributed by atoms with van der Waals surface area (Å²) in [5.41, 5.74) is 0.968. The Morgan fingerprint density at radius 2 is 1.72 bits per heavy atom. The lowest BCUT2D eigenvalue weighted by molar-refractivity contribution is -0.186. The van der Waals surface area contributed by atoms with E-state index >= 15 is 0 Å². The van der Waals surface area contributed by atoms with Gasteiger partial charge in [-0.25, -0.2) is 4.79 Å². The normalized spacial score (nSPS) is 23.4. The fourth-order valence-electron chi connectivity index (χ4n) is 3.72. The second-order valence-electron chi connectivity index (χ2n) is 6.50. The molecule has 0 spiro atoms. The highest BCUT2D eigenvalue weighted by Crippen LogP contribution is 2.47. The van der Waals surface area contributed by atoms with Crippen molar-refractivity contribution in [2.45, 2.75) is 37.9 Å². The lowest BCUT2D eigenvalue weighted by Gasteiger charge is -2.28. The third-order valence-electron chi connectivity index (χ3n) is 5.01. The third kappa shape index (κ3) is 3.18. The number of methoxy groups -OCH3 is 3. The van der Waals surface area contributed by atoms with E-state index in [0.29, 0.717) is 40.7 Å². The number of aliphatic hydroxyl groups is 1. The Labute approximate surface area is 147 Å². The molecule has 1 saturated carbocycles. The van der Waals surface area contributed by atoms with Gasteiger partial charge in [0.2, 0.25) is 5.75 Å². The van der Waals surface area contributed by atoms with E-state index in [-0.39, 0.29) is 0 Å². The lowest BCUT2D eigenvalue weighted by atomic mass is 9.89. The van der Waals surface area contributed by atoms with E-state index in [1.165, 1.54) is 40.2 Å². The molecule has 1 aromatic rings. The van der Waals surface area contributed by atoms with Gasteiger partial charge in [-0.1, -0.05) is 25.7 Å². The maximum absolute atomic E-state index is 11.9. The summed E-state index contributed by atoms with van der Waals surface area (Å²) in [6.45, 7) is 0. The van der Waals surface area contributed by atoms with Crippen molar-refractivity contribution in [3.8, 4) is 17.2 Å². The van der Waals surface area contributed by atoms with Gasteiger partial charge in [0.25, 0.3) is 5.79 Å². The first-order valence-electron chi connectivity index (χ1n) is 8.48. The molecule has 1 N–H and O–H groups in total. The highest BCUT2D eigenvalue weighted by molar-refractivity contribution is 5.86. The molecule has 0 bridgehead atoms. The minimum Gasteiger partial charge on any atom is -0.493 e. The van der Waals surface area contributed by atoms with Gasteiger partial charge in [0.05, 0.1) is 21.3 Å². The maximum atomic E-state index is 11.9. The standard InChI is InChI=1S/C19H24O6/c1-22-15-9-14(10-16(23-2)18(15)24-3)19(21)13(11-17(20)25-19)8-12-6-4-5-7-12/h9-12,21H,4-8H2,1-3H3. The molecule has 1 fully saturated rings. The highest BCUT2D eigenvalue weighted by atomic mass is 16.7. The van der Waals surface area contributed by atoms with Crippen LogP contribution in [0.25, 0.3) is 0 Å². The Bertz CT molecular complexity index is 664. The number of rotatable bonds is 6. The summed E-state index contributed by atoms with van der Waals surface area (Å²) in [4.78, 5) is 11.9. The van der Waals surface area contributed by atoms with Crippen molar-refractivity contribution in [1.82, 2.24) is 0 Å². The van der Waals surface area contributed by atoms with Gasteiger partial charge in [-0.15, -0.1) is 0 Å². The number of carbonyl (C=O) groups excluding carboxylic acids is 1. The van der Waals surface area contributed by atoms with Crippen LogP contribution in [0.1, 0.15) is 37.7 Å². The number of ether oxygens (including phenoxy) is 4. The SMILES string of the molecule is COc1cc(C2(O)OC(=O)C=C2CC2CCCC2)cc(OC)c1OC. The number of hydrogen-bond acceptors (Lipinski definition) is 6. The molecule has 1 aromatic carbocycles. The molecule has 1 aliphatic carbocycles. The van der Waals surface area contributed by atoms with Gasteiger partial charge in [0, 0.05) is 17.2 Å². The minimum absolute atomic E-state index is 0.386. The zero-order chi connectivity index (χ0) is 18.0. The molecule has 0 radical (unpaired) electrons. The van der Waals surface area contributed by atoms with E-state index in [9.17, 15) is 9.90 Å². The van der Waals surface area contributed by atoms with Gasteiger partial charge in [-0.2, -0.15) is 0 Å². The number of hydrogen-bond donors (Lipinski definition) is 1. The van der Waals surface area contributed by atoms with Crippen LogP contribution in [-0.4, -0.2) is 32.4 Å². The first-order chi connectivity index (χ1) is 12.0. The van der Waals surface area contributed by atoms with Crippen LogP contribution in [0.5, 0.6) is 17.2 Å². The van der Waals surface area contributed by atoms with E-state index in [1.807, 2.05) is 0 Å². The molecule has 1 heterocycles. The van der Waals surface area contributed by atoms with Crippen LogP contribution >= 0.6 is 0 Å². The van der Waals surface area contributed by atoms with Gasteiger partial charge in [0.15, 0.2) is 11.5 Å². The molecular weight excluding hydrogens is 324 g/mol. The molecule has 6 nitrogen and oxygen atoms in total. The topological polar surface area (TPSA) is 74.2 Å². The zero-order valence-corrected chi connectivity index (χ0v) is 14.8. The number of esters is 1. The fourth-order valence-corrected chi connectivity index (χ4v) is 3.72. The van der Waals surface area contributed by atoms with E-state index in [0.717, 1.165) is 12.8 Å². The van der Waals surface area contributed by atoms with Crippen molar-refractivity contribution >= 4 is 5.97 Å². The van der Waals surface area contributed by atoms with E-state index in [4.69, 9.17) is 18.9 Å². The summed E-state index contributed by atoms with van der Waals surface area (Å²) in [6.07, 6.45) is 6.64. The van der Waals surface area contributed by atoms with Crippen LogP contribution in [0.3, 0.4) is 0 Å². The summed E-state index contributed by atoms with van der Waals surface area (Å²) in [6, 6.07) is 3.23. The van der Waals surface area contributed by atoms with Crippen LogP contribution in [-0.2, 0) is 15.3 Å². The predicted octanol–water partition coefficient (Wildman–Crippen LogP) is 2.92. The third-order valence-corrected chi connectivity index (χ3v) is 5.01. The summed E-state index contributed by atoms with van der Waals surface area (Å²) in [7, 11) is 4.51. The summed E-state index contributed by atoms with van der Waals surface area (Å²) < 4.78 is 21.3. The average Bonchev–Trinajstić information content (AvgIpc) is 3.22. The first kappa shape index (κ1) is 17.6. The van der Waals surface area contributed by atoms with Gasteiger partial charge in [-0.3, -0.25) is 0 Å². The maximum Gasteiger partial charge on any atom is 0.333 e. The fraction of sp³-hybridized carbons (Fsp3) is 0.526. The van der Waals surface area contributed by atoms with Gasteiger partial charge in [-0.05, 0) is 24.5 Å². The van der Waals surface area contributed by atoms with Crippen molar-refractivity contribution in [2.24, 2.45) is 5.92 Å². The van der Waals surface area contributed by atoms with Crippen LogP contribution in [0.15, 0.2) is 23.8 Å². The Hall–Kier alpha value is -2.21. The van der Waals surface area contributed by atoms with Crippen LogP contribution in [0.4, 0.5) is 0 Å². The average molecular weight is 348 g/mol. The zero-order valence-electron chi connectivity index (χ0n) is 14.8. The second-order valence-corrected chi connectivity index (χ2v) is 6.50. The van der Waals surface area contributed by atoms with Gasteiger partial charge < -0.3 is 24.1 Å². The monoisotopic (exact) mass is 348 g/mol. The number of cyclic esters (lactones) is 1. The Kier molecular flexibility index (Phi) is 4.90. The second kappa shape index (κ2) is 6.96. The molecule has 0 amide bonds. The van der Waals surface area contributed by atoms with Crippen molar-refractivity contribution in [3.63, 3.8) is 0 Å². The Morgan fingerprint density at radius 1 is 1.12 bits per heavy atom.